The molecule has 2 heterocycles. The number of aromatic amines is 2. The lowest BCUT2D eigenvalue weighted by Crippen LogP contribution is -2.32. The Morgan fingerprint density at radius 1 is 1.03 bits per heavy atom. The Morgan fingerprint density at radius 3 is 2.60 bits per heavy atom. The summed E-state index contributed by atoms with van der Waals surface area (Å²) in [6, 6.07) is 16.2. The maximum atomic E-state index is 13.0. The van der Waals surface area contributed by atoms with Crippen LogP contribution in [0.3, 0.4) is 0 Å². The van der Waals surface area contributed by atoms with Crippen molar-refractivity contribution in [2.45, 2.75) is 19.9 Å². The molecule has 0 fully saturated rings. The lowest BCUT2D eigenvalue weighted by atomic mass is 10.0. The Labute approximate surface area is 171 Å². The summed E-state index contributed by atoms with van der Waals surface area (Å²) in [6.45, 7) is 4.01. The summed E-state index contributed by atoms with van der Waals surface area (Å²) in [4.78, 5) is 44.5. The van der Waals surface area contributed by atoms with Gasteiger partial charge >= 0.3 is 0 Å². The first-order valence-corrected chi connectivity index (χ1v) is 9.61. The fourth-order valence-corrected chi connectivity index (χ4v) is 3.30. The number of nitrogens with one attached hydrogen (secondary N) is 3. The number of H-pyrrole nitrogens is 2. The van der Waals surface area contributed by atoms with E-state index in [1.165, 1.54) is 6.07 Å². The summed E-state index contributed by atoms with van der Waals surface area (Å²) in [5.41, 5.74) is 1.70. The SMILES string of the molecule is CC(C)[C@H](NC(=O)c1cccc(-n2[nH]c(=O)ccc2=O)c1)c1nc2ccccc2[nH]1. The van der Waals surface area contributed by atoms with Crippen molar-refractivity contribution in [2.24, 2.45) is 5.92 Å². The molecule has 4 aromatic rings. The molecule has 0 saturated heterocycles. The Hall–Kier alpha value is -3.94. The number of carbonyl (C=O) groups is 1. The molecule has 3 N–H and O–H groups in total. The van der Waals surface area contributed by atoms with E-state index >= 15 is 0 Å². The Balaban J connectivity index is 1.64. The molecule has 0 bridgehead atoms. The summed E-state index contributed by atoms with van der Waals surface area (Å²) in [7, 11) is 0. The van der Waals surface area contributed by atoms with Crippen LogP contribution in [0.5, 0.6) is 0 Å². The van der Waals surface area contributed by atoms with Crippen molar-refractivity contribution >= 4 is 16.9 Å². The number of fused-ring (bicyclic) bond motifs is 1. The number of hydrogen-bond acceptors (Lipinski definition) is 4. The summed E-state index contributed by atoms with van der Waals surface area (Å²) in [5, 5.41) is 5.48. The molecule has 1 atom stereocenters. The minimum atomic E-state index is -0.408. The number of imidazole rings is 1. The molecule has 0 aliphatic carbocycles. The fourth-order valence-electron chi connectivity index (χ4n) is 3.30. The van der Waals surface area contributed by atoms with E-state index in [-0.39, 0.29) is 17.9 Å². The van der Waals surface area contributed by atoms with Crippen molar-refractivity contribution in [2.75, 3.05) is 0 Å². The van der Waals surface area contributed by atoms with Crippen molar-refractivity contribution in [3.05, 3.63) is 92.8 Å². The van der Waals surface area contributed by atoms with Gasteiger partial charge in [0.05, 0.1) is 22.8 Å². The molecule has 0 unspecified atom stereocenters. The molecular formula is C22H21N5O3. The van der Waals surface area contributed by atoms with E-state index in [4.69, 9.17) is 0 Å². The highest BCUT2D eigenvalue weighted by atomic mass is 16.2. The van der Waals surface area contributed by atoms with Crippen LogP contribution in [0.2, 0.25) is 0 Å². The highest BCUT2D eigenvalue weighted by Gasteiger charge is 2.22. The van der Waals surface area contributed by atoms with Crippen LogP contribution in [0.15, 0.2) is 70.3 Å². The second kappa shape index (κ2) is 7.82. The van der Waals surface area contributed by atoms with Crippen LogP contribution in [-0.4, -0.2) is 25.7 Å². The normalized spacial score (nSPS) is 12.2. The highest BCUT2D eigenvalue weighted by molar-refractivity contribution is 5.95. The molecule has 0 saturated carbocycles. The van der Waals surface area contributed by atoms with Crippen molar-refractivity contribution in [1.29, 1.82) is 0 Å². The minimum absolute atomic E-state index is 0.0887. The first kappa shape index (κ1) is 19.4. The summed E-state index contributed by atoms with van der Waals surface area (Å²) >= 11 is 0. The largest absolute Gasteiger partial charge is 0.342 e. The molecule has 0 aliphatic rings. The van der Waals surface area contributed by atoms with Crippen LogP contribution >= 0.6 is 0 Å². The standard InChI is InChI=1S/C22H21N5O3/c1-13(2)20(21-23-16-8-3-4-9-17(16)24-21)25-22(30)14-6-5-7-15(12-14)27-19(29)11-10-18(28)26-27/h3-13,20H,1-2H3,(H,23,24)(H,25,30)(H,26,28)/t20-/m0/s1. The molecule has 4 rings (SSSR count). The molecule has 0 aliphatic heterocycles. The van der Waals surface area contributed by atoms with Gasteiger partial charge in [0.2, 0.25) is 0 Å². The summed E-state index contributed by atoms with van der Waals surface area (Å²) in [5.74, 6) is 0.465. The average Bonchev–Trinajstić information content (AvgIpc) is 3.17. The summed E-state index contributed by atoms with van der Waals surface area (Å²) < 4.78 is 1.11. The van der Waals surface area contributed by atoms with E-state index in [0.29, 0.717) is 17.1 Å². The van der Waals surface area contributed by atoms with Gasteiger partial charge in [0, 0.05) is 17.7 Å². The number of aromatic nitrogens is 4. The van der Waals surface area contributed by atoms with Crippen molar-refractivity contribution in [3.63, 3.8) is 0 Å². The molecule has 2 aromatic heterocycles. The van der Waals surface area contributed by atoms with E-state index < -0.39 is 11.1 Å². The van der Waals surface area contributed by atoms with Crippen LogP contribution in [-0.2, 0) is 0 Å². The third-order valence-electron chi connectivity index (χ3n) is 4.84. The minimum Gasteiger partial charge on any atom is -0.342 e. The topological polar surface area (TPSA) is 113 Å². The van der Waals surface area contributed by atoms with Crippen molar-refractivity contribution in [3.8, 4) is 5.69 Å². The lowest BCUT2D eigenvalue weighted by molar-refractivity contribution is 0.0923. The molecule has 8 nitrogen and oxygen atoms in total. The van der Waals surface area contributed by atoms with Gasteiger partial charge in [0.1, 0.15) is 5.82 Å². The van der Waals surface area contributed by atoms with Gasteiger partial charge in [-0.25, -0.2) is 9.67 Å². The van der Waals surface area contributed by atoms with Crippen molar-refractivity contribution in [1.82, 2.24) is 25.1 Å². The van der Waals surface area contributed by atoms with Gasteiger partial charge in [-0.05, 0) is 36.2 Å². The second-order valence-electron chi connectivity index (χ2n) is 7.37. The van der Waals surface area contributed by atoms with Gasteiger partial charge < -0.3 is 10.3 Å². The molecule has 0 spiro atoms. The zero-order valence-electron chi connectivity index (χ0n) is 16.5. The van der Waals surface area contributed by atoms with Crippen LogP contribution in [0.1, 0.15) is 36.1 Å². The molecule has 0 radical (unpaired) electrons. The number of benzene rings is 2. The lowest BCUT2D eigenvalue weighted by Gasteiger charge is -2.20. The monoisotopic (exact) mass is 403 g/mol. The quantitative estimate of drug-likeness (QED) is 0.475. The number of para-hydroxylation sites is 2. The maximum absolute atomic E-state index is 13.0. The van der Waals surface area contributed by atoms with Gasteiger partial charge in [-0.1, -0.05) is 32.0 Å². The van der Waals surface area contributed by atoms with E-state index in [1.807, 2.05) is 38.1 Å². The Morgan fingerprint density at radius 2 is 1.83 bits per heavy atom. The second-order valence-corrected chi connectivity index (χ2v) is 7.37. The van der Waals surface area contributed by atoms with Gasteiger partial charge in [0.15, 0.2) is 0 Å². The van der Waals surface area contributed by atoms with E-state index in [0.717, 1.165) is 21.8 Å². The zero-order chi connectivity index (χ0) is 21.3. The van der Waals surface area contributed by atoms with E-state index in [2.05, 4.69) is 20.4 Å². The molecule has 152 valence electrons. The number of amides is 1. The van der Waals surface area contributed by atoms with E-state index in [9.17, 15) is 14.4 Å². The van der Waals surface area contributed by atoms with E-state index in [1.54, 1.807) is 24.3 Å². The Kier molecular flexibility index (Phi) is 5.05. The van der Waals surface area contributed by atoms with Crippen LogP contribution in [0.25, 0.3) is 16.7 Å². The molecule has 2 aromatic carbocycles. The molecular weight excluding hydrogens is 382 g/mol. The number of nitrogens with zero attached hydrogens (tertiary/aromatic N) is 2. The Bertz CT molecular complexity index is 1300. The third kappa shape index (κ3) is 3.80. The predicted octanol–water partition coefficient (Wildman–Crippen LogP) is 2.53. The third-order valence-corrected chi connectivity index (χ3v) is 4.84. The smallest absolute Gasteiger partial charge is 0.269 e. The van der Waals surface area contributed by atoms with Gasteiger partial charge in [-0.2, -0.15) is 0 Å². The molecule has 8 heteroatoms. The predicted molar refractivity (Wildman–Crippen MR) is 114 cm³/mol. The van der Waals surface area contributed by atoms with Gasteiger partial charge in [0.25, 0.3) is 17.0 Å². The number of hydrogen-bond donors (Lipinski definition) is 3. The highest BCUT2D eigenvalue weighted by Crippen LogP contribution is 2.23. The van der Waals surface area contributed by atoms with Crippen LogP contribution in [0.4, 0.5) is 0 Å². The number of carbonyl (C=O) groups excluding carboxylic acids is 1. The molecule has 30 heavy (non-hydrogen) atoms. The summed E-state index contributed by atoms with van der Waals surface area (Å²) in [6.07, 6.45) is 0. The first-order chi connectivity index (χ1) is 14.4. The van der Waals surface area contributed by atoms with Crippen molar-refractivity contribution < 1.29 is 4.79 Å². The molecule has 1 amide bonds. The van der Waals surface area contributed by atoms with Crippen LogP contribution in [0, 0.1) is 5.92 Å². The van der Waals surface area contributed by atoms with Crippen LogP contribution < -0.4 is 16.4 Å². The van der Waals surface area contributed by atoms with Gasteiger partial charge in [-0.15, -0.1) is 0 Å². The number of rotatable bonds is 5. The fraction of sp³-hybridized carbons (Fsp3) is 0.182. The average molecular weight is 403 g/mol. The zero-order valence-corrected chi connectivity index (χ0v) is 16.5. The maximum Gasteiger partial charge on any atom is 0.269 e. The first-order valence-electron chi connectivity index (χ1n) is 9.61. The van der Waals surface area contributed by atoms with Gasteiger partial charge in [-0.3, -0.25) is 19.5 Å².